The molecule has 0 spiro atoms. The van der Waals surface area contributed by atoms with Gasteiger partial charge in [0, 0.05) is 25.7 Å². The van der Waals surface area contributed by atoms with Crippen molar-refractivity contribution in [2.24, 2.45) is 10.4 Å². The first-order chi connectivity index (χ1) is 10.0. The number of halogens is 1. The average molecular weight is 462 g/mol. The van der Waals surface area contributed by atoms with Crippen molar-refractivity contribution in [3.05, 3.63) is 0 Å². The van der Waals surface area contributed by atoms with Crippen LogP contribution in [0.25, 0.3) is 0 Å². The summed E-state index contributed by atoms with van der Waals surface area (Å²) in [6, 6.07) is 0.353. The fourth-order valence-corrected chi connectivity index (χ4v) is 2.32. The first-order valence-corrected chi connectivity index (χ1v) is 9.92. The Bertz CT molecular complexity index is 433. The van der Waals surface area contributed by atoms with E-state index in [0.29, 0.717) is 31.0 Å². The zero-order valence-corrected chi connectivity index (χ0v) is 18.5. The molecule has 0 aromatic carbocycles. The average Bonchev–Trinajstić information content (AvgIpc) is 2.34. The van der Waals surface area contributed by atoms with Crippen molar-refractivity contribution in [2.45, 2.75) is 59.9 Å². The van der Waals surface area contributed by atoms with Gasteiger partial charge in [-0.2, -0.15) is 0 Å². The molecule has 0 aromatic rings. The van der Waals surface area contributed by atoms with Crippen molar-refractivity contribution in [1.82, 2.24) is 15.4 Å². The number of hydrogen-bond acceptors (Lipinski definition) is 3. The van der Waals surface area contributed by atoms with Gasteiger partial charge in [-0.15, -0.1) is 24.0 Å². The monoisotopic (exact) mass is 462 g/mol. The van der Waals surface area contributed by atoms with E-state index in [9.17, 15) is 8.42 Å². The van der Waals surface area contributed by atoms with Crippen LogP contribution in [0.15, 0.2) is 4.99 Å². The Morgan fingerprint density at radius 2 is 1.87 bits per heavy atom. The molecule has 1 unspecified atom stereocenters. The van der Waals surface area contributed by atoms with E-state index in [1.807, 2.05) is 6.92 Å². The van der Waals surface area contributed by atoms with E-state index < -0.39 is 10.0 Å². The Balaban J connectivity index is 0. The molecule has 0 radical (unpaired) electrons. The number of guanidine groups is 1. The summed E-state index contributed by atoms with van der Waals surface area (Å²) < 4.78 is 24.4. The number of hydrogen-bond donors (Lipinski definition) is 3. The number of sulfonamides is 1. The summed E-state index contributed by atoms with van der Waals surface area (Å²) in [5.41, 5.74) is 0.336. The molecule has 0 rings (SSSR count). The number of nitrogens with zero attached hydrogens (tertiary/aromatic N) is 1. The van der Waals surface area contributed by atoms with Gasteiger partial charge in [0.15, 0.2) is 5.96 Å². The Labute approximate surface area is 159 Å². The molecule has 0 aromatic heterocycles. The maximum absolute atomic E-state index is 11.0. The maximum atomic E-state index is 11.0. The highest BCUT2D eigenvalue weighted by Crippen LogP contribution is 2.21. The van der Waals surface area contributed by atoms with E-state index in [-0.39, 0.29) is 24.0 Å². The fourth-order valence-electron chi connectivity index (χ4n) is 1.80. The lowest BCUT2D eigenvalue weighted by molar-refractivity contribution is 0.346. The summed E-state index contributed by atoms with van der Waals surface area (Å²) in [5.74, 6) is 0.795. The molecule has 0 aliphatic rings. The summed E-state index contributed by atoms with van der Waals surface area (Å²) >= 11 is 0. The second kappa shape index (κ2) is 12.3. The van der Waals surface area contributed by atoms with E-state index >= 15 is 0 Å². The van der Waals surface area contributed by atoms with E-state index in [2.05, 4.69) is 48.0 Å². The third-order valence-corrected chi connectivity index (χ3v) is 3.75. The molecular formula is C15H35IN4O2S. The molecule has 0 bridgehead atoms. The third kappa shape index (κ3) is 18.1. The minimum Gasteiger partial charge on any atom is -0.357 e. The van der Waals surface area contributed by atoms with Crippen LogP contribution in [-0.2, 0) is 10.0 Å². The zero-order chi connectivity index (χ0) is 17.2. The van der Waals surface area contributed by atoms with Crippen LogP contribution in [0.5, 0.6) is 0 Å². The summed E-state index contributed by atoms with van der Waals surface area (Å²) in [5, 5.41) is 6.62. The highest BCUT2D eigenvalue weighted by molar-refractivity contribution is 14.0. The summed E-state index contributed by atoms with van der Waals surface area (Å²) in [6.45, 7) is 12.7. The lowest BCUT2D eigenvalue weighted by Gasteiger charge is -2.23. The van der Waals surface area contributed by atoms with Gasteiger partial charge in [0.1, 0.15) is 0 Å². The third-order valence-electron chi connectivity index (χ3n) is 3.02. The van der Waals surface area contributed by atoms with Gasteiger partial charge in [-0.3, -0.25) is 4.99 Å². The van der Waals surface area contributed by atoms with Crippen molar-refractivity contribution in [3.8, 4) is 0 Å². The lowest BCUT2D eigenvalue weighted by Crippen LogP contribution is -2.42. The molecule has 0 saturated carbocycles. The first-order valence-electron chi connectivity index (χ1n) is 8.03. The molecule has 23 heavy (non-hydrogen) atoms. The number of aliphatic imine (C=N–C) groups is 1. The number of nitrogens with one attached hydrogen (secondary N) is 3. The van der Waals surface area contributed by atoms with Crippen molar-refractivity contribution >= 4 is 40.0 Å². The minimum atomic E-state index is -3.11. The first kappa shape index (κ1) is 25.2. The van der Waals surface area contributed by atoms with Gasteiger partial charge < -0.3 is 10.6 Å². The fraction of sp³-hybridized carbons (Fsp3) is 0.933. The van der Waals surface area contributed by atoms with Gasteiger partial charge in [0.05, 0.1) is 6.26 Å². The molecule has 1 atom stereocenters. The van der Waals surface area contributed by atoms with Crippen LogP contribution in [-0.4, -0.2) is 46.3 Å². The Kier molecular flexibility index (Phi) is 13.4. The van der Waals surface area contributed by atoms with Crippen LogP contribution >= 0.6 is 24.0 Å². The normalized spacial score (nSPS) is 14.1. The molecule has 140 valence electrons. The summed E-state index contributed by atoms with van der Waals surface area (Å²) in [7, 11) is -3.11. The van der Waals surface area contributed by atoms with Crippen molar-refractivity contribution in [3.63, 3.8) is 0 Å². The van der Waals surface area contributed by atoms with Gasteiger partial charge in [-0.25, -0.2) is 13.1 Å². The van der Waals surface area contributed by atoms with E-state index in [1.54, 1.807) is 0 Å². The van der Waals surface area contributed by atoms with Gasteiger partial charge in [0.2, 0.25) is 10.0 Å². The van der Waals surface area contributed by atoms with Crippen LogP contribution in [0.3, 0.4) is 0 Å². The quantitative estimate of drug-likeness (QED) is 0.213. The molecular weight excluding hydrogens is 427 g/mol. The Morgan fingerprint density at radius 3 is 2.35 bits per heavy atom. The Morgan fingerprint density at radius 1 is 1.26 bits per heavy atom. The minimum absolute atomic E-state index is 0. The zero-order valence-electron chi connectivity index (χ0n) is 15.4. The lowest BCUT2D eigenvalue weighted by atomic mass is 9.89. The molecule has 6 nitrogen and oxygen atoms in total. The smallest absolute Gasteiger partial charge is 0.208 e. The molecule has 0 heterocycles. The second-order valence-corrected chi connectivity index (χ2v) is 8.76. The van der Waals surface area contributed by atoms with E-state index in [4.69, 9.17) is 0 Å². The maximum Gasteiger partial charge on any atom is 0.208 e. The summed E-state index contributed by atoms with van der Waals surface area (Å²) in [6.07, 6.45) is 4.08. The molecule has 0 aliphatic carbocycles. The van der Waals surface area contributed by atoms with Crippen LogP contribution in [0.4, 0.5) is 0 Å². The number of rotatable bonds is 9. The van der Waals surface area contributed by atoms with Crippen LogP contribution in [0.2, 0.25) is 0 Å². The molecule has 3 N–H and O–H groups in total. The van der Waals surface area contributed by atoms with Crippen molar-refractivity contribution < 1.29 is 8.42 Å². The highest BCUT2D eigenvalue weighted by Gasteiger charge is 2.13. The Hall–Kier alpha value is -0.0900. The van der Waals surface area contributed by atoms with Crippen molar-refractivity contribution in [1.29, 1.82) is 0 Å². The molecule has 0 saturated heterocycles. The SMILES string of the molecule is CCNC(=NCCCNS(C)(=O)=O)NC(C)CCC(C)(C)C.I. The van der Waals surface area contributed by atoms with Crippen LogP contribution in [0, 0.1) is 5.41 Å². The van der Waals surface area contributed by atoms with Gasteiger partial charge >= 0.3 is 0 Å². The highest BCUT2D eigenvalue weighted by atomic mass is 127. The molecule has 8 heteroatoms. The van der Waals surface area contributed by atoms with Gasteiger partial charge in [-0.05, 0) is 38.5 Å². The van der Waals surface area contributed by atoms with E-state index in [0.717, 1.165) is 25.3 Å². The predicted octanol–water partition coefficient (Wildman–Crippen LogP) is 2.31. The topological polar surface area (TPSA) is 82.6 Å². The van der Waals surface area contributed by atoms with E-state index in [1.165, 1.54) is 6.26 Å². The standard InChI is InChI=1S/C15H34N4O2S.HI/c1-7-16-14(17-11-8-12-18-22(6,20)21)19-13(2)9-10-15(3,4)5;/h13,18H,7-12H2,1-6H3,(H2,16,17,19);1H. The molecule has 0 aliphatic heterocycles. The van der Waals surface area contributed by atoms with Crippen LogP contribution in [0.1, 0.15) is 53.9 Å². The van der Waals surface area contributed by atoms with Crippen molar-refractivity contribution in [2.75, 3.05) is 25.9 Å². The molecule has 0 amide bonds. The van der Waals surface area contributed by atoms with Crippen LogP contribution < -0.4 is 15.4 Å². The second-order valence-electron chi connectivity index (χ2n) is 6.93. The predicted molar refractivity (Wildman–Crippen MR) is 110 cm³/mol. The summed E-state index contributed by atoms with van der Waals surface area (Å²) in [4.78, 5) is 4.48. The van der Waals surface area contributed by atoms with Gasteiger partial charge in [-0.1, -0.05) is 20.8 Å². The largest absolute Gasteiger partial charge is 0.357 e. The molecule has 0 fully saturated rings. The van der Waals surface area contributed by atoms with Gasteiger partial charge in [0.25, 0.3) is 0 Å².